The maximum absolute atomic E-state index is 13.6. The number of benzene rings is 2. The molecule has 0 spiro atoms. The number of sulfonamides is 1. The van der Waals surface area contributed by atoms with Crippen LogP contribution in [0.1, 0.15) is 102 Å². The van der Waals surface area contributed by atoms with Crippen LogP contribution in [0, 0.1) is 17.3 Å². The van der Waals surface area contributed by atoms with E-state index in [-0.39, 0.29) is 32.1 Å². The largest absolute Gasteiger partial charge is 0.543 e. The molecule has 2 aromatic rings. The van der Waals surface area contributed by atoms with Gasteiger partial charge in [0.1, 0.15) is 11.9 Å². The van der Waals surface area contributed by atoms with Crippen molar-refractivity contribution in [2.75, 3.05) is 0 Å². The Kier molecular flexibility index (Phi) is 9.35. The number of hydrogen-bond donors (Lipinski definition) is 1. The van der Waals surface area contributed by atoms with Gasteiger partial charge in [0.25, 0.3) is 0 Å². The standard InChI is InChI=1S/C37H57NO6SSi2/c1-35(2,3)46(8,9)43-26-16-18-28-24(21-26)15-17-30-29(28)19-20-37(7)31(30)23-32(33(37)44-47(10,11)36(4,5)6)42-34(39)25-13-12-14-27(22-25)45(38,40)41/h12-14,16,18,21-22,29-33H,15,17,19-20,23H2,1-11H3,(H2,38,40,41)/t29?,30?,31?,32-,33+,37+/m1/s1. The van der Waals surface area contributed by atoms with E-state index in [1.807, 2.05) is 0 Å². The summed E-state index contributed by atoms with van der Waals surface area (Å²) in [5.41, 5.74) is 2.90. The summed E-state index contributed by atoms with van der Waals surface area (Å²) in [4.78, 5) is 13.5. The molecule has 0 amide bonds. The van der Waals surface area contributed by atoms with E-state index < -0.39 is 38.7 Å². The zero-order chi connectivity index (χ0) is 35.0. The number of carbonyl (C=O) groups excluding carboxylic acids is 1. The van der Waals surface area contributed by atoms with Gasteiger partial charge >= 0.3 is 5.97 Å². The van der Waals surface area contributed by atoms with Crippen LogP contribution in [0.15, 0.2) is 47.4 Å². The molecule has 47 heavy (non-hydrogen) atoms. The second-order valence-corrected chi connectivity index (χ2v) is 28.8. The molecule has 3 aliphatic carbocycles. The molecule has 10 heteroatoms. The Morgan fingerprint density at radius 2 is 1.60 bits per heavy atom. The van der Waals surface area contributed by atoms with Crippen molar-refractivity contribution in [1.82, 2.24) is 0 Å². The maximum atomic E-state index is 13.6. The first-order valence-electron chi connectivity index (χ1n) is 17.3. The Morgan fingerprint density at radius 1 is 0.936 bits per heavy atom. The number of hydrogen-bond acceptors (Lipinski definition) is 6. The van der Waals surface area contributed by atoms with Crippen molar-refractivity contribution >= 4 is 32.6 Å². The van der Waals surface area contributed by atoms with Crippen molar-refractivity contribution in [3.63, 3.8) is 0 Å². The molecule has 2 N–H and O–H groups in total. The van der Waals surface area contributed by atoms with E-state index in [1.54, 1.807) is 6.07 Å². The normalized spacial score (nSPS) is 28.2. The van der Waals surface area contributed by atoms with Gasteiger partial charge < -0.3 is 13.6 Å². The summed E-state index contributed by atoms with van der Waals surface area (Å²) >= 11 is 0. The molecule has 5 rings (SSSR count). The average molecular weight is 700 g/mol. The summed E-state index contributed by atoms with van der Waals surface area (Å²) in [5, 5.41) is 5.49. The van der Waals surface area contributed by atoms with E-state index in [0.29, 0.717) is 17.8 Å². The van der Waals surface area contributed by atoms with Gasteiger partial charge in [0.15, 0.2) is 8.32 Å². The van der Waals surface area contributed by atoms with Crippen molar-refractivity contribution < 1.29 is 26.8 Å². The third-order valence-corrected chi connectivity index (χ3v) is 22.4. The lowest BCUT2D eigenvalue weighted by Gasteiger charge is -2.52. The predicted molar refractivity (Wildman–Crippen MR) is 193 cm³/mol. The second kappa shape index (κ2) is 12.1. The number of nitrogens with two attached hydrogens (primary N) is 1. The van der Waals surface area contributed by atoms with Crippen LogP contribution in [-0.4, -0.2) is 43.2 Å². The fourth-order valence-corrected chi connectivity index (χ4v) is 10.8. The molecule has 0 aromatic heterocycles. The SMILES string of the molecule is CC(C)(C)[Si](C)(C)Oc1ccc2c(c1)CCC1C2CC[C@@]2(C)C1C[C@@H](OC(=O)c1cccc(S(N)(=O)=O)c1)[C@@H]2O[Si](C)(C)C(C)(C)C. The number of ether oxygens (including phenoxy) is 1. The van der Waals surface area contributed by atoms with Crippen LogP contribution in [0.25, 0.3) is 0 Å². The lowest BCUT2D eigenvalue weighted by Crippen LogP contribution is -2.53. The molecular formula is C37H57NO6SSi2. The summed E-state index contributed by atoms with van der Waals surface area (Å²) in [7, 11) is -8.13. The third kappa shape index (κ3) is 6.91. The van der Waals surface area contributed by atoms with Gasteiger partial charge in [0.2, 0.25) is 18.3 Å². The van der Waals surface area contributed by atoms with Crippen molar-refractivity contribution in [3.05, 3.63) is 59.2 Å². The van der Waals surface area contributed by atoms with Crippen LogP contribution in [0.3, 0.4) is 0 Å². The summed E-state index contributed by atoms with van der Waals surface area (Å²) < 4.78 is 44.3. The maximum Gasteiger partial charge on any atom is 0.338 e. The van der Waals surface area contributed by atoms with Crippen molar-refractivity contribution in [1.29, 1.82) is 0 Å². The fraction of sp³-hybridized carbons (Fsp3) is 0.649. The van der Waals surface area contributed by atoms with E-state index >= 15 is 0 Å². The number of esters is 1. The van der Waals surface area contributed by atoms with E-state index in [0.717, 1.165) is 37.9 Å². The first kappa shape index (κ1) is 36.3. The molecule has 0 bridgehead atoms. The summed E-state index contributed by atoms with van der Waals surface area (Å²) in [6.45, 7) is 25.1. The van der Waals surface area contributed by atoms with Crippen molar-refractivity contribution in [3.8, 4) is 5.75 Å². The molecule has 0 heterocycles. The van der Waals surface area contributed by atoms with Crippen LogP contribution < -0.4 is 9.56 Å². The van der Waals surface area contributed by atoms with Crippen LogP contribution in [0.5, 0.6) is 5.75 Å². The van der Waals surface area contributed by atoms with E-state index in [9.17, 15) is 13.2 Å². The number of rotatable bonds is 7. The molecule has 0 saturated heterocycles. The Bertz CT molecular complexity index is 1630. The quantitative estimate of drug-likeness (QED) is 0.229. The van der Waals surface area contributed by atoms with Gasteiger partial charge in [-0.15, -0.1) is 0 Å². The summed E-state index contributed by atoms with van der Waals surface area (Å²) in [6.07, 6.45) is 4.24. The van der Waals surface area contributed by atoms with E-state index in [4.69, 9.17) is 18.7 Å². The minimum Gasteiger partial charge on any atom is -0.543 e. The zero-order valence-electron chi connectivity index (χ0n) is 30.4. The molecular weight excluding hydrogens is 643 g/mol. The average Bonchev–Trinajstić information content (AvgIpc) is 3.21. The molecule has 6 atom stereocenters. The monoisotopic (exact) mass is 699 g/mol. The van der Waals surface area contributed by atoms with Gasteiger partial charge in [-0.25, -0.2) is 18.4 Å². The zero-order valence-corrected chi connectivity index (χ0v) is 33.2. The number of carbonyl (C=O) groups is 1. The first-order chi connectivity index (χ1) is 21.4. The molecule has 3 unspecified atom stereocenters. The van der Waals surface area contributed by atoms with E-state index in [1.165, 1.54) is 29.3 Å². The number of aryl methyl sites for hydroxylation is 1. The number of primary sulfonamides is 1. The minimum absolute atomic E-state index is 0.00893. The number of fused-ring (bicyclic) bond motifs is 5. The Balaban J connectivity index is 1.45. The predicted octanol–water partition coefficient (Wildman–Crippen LogP) is 8.80. The van der Waals surface area contributed by atoms with Crippen molar-refractivity contribution in [2.24, 2.45) is 22.4 Å². The van der Waals surface area contributed by atoms with Gasteiger partial charge in [0.05, 0.1) is 16.6 Å². The minimum atomic E-state index is -3.95. The highest BCUT2D eigenvalue weighted by molar-refractivity contribution is 7.89. The summed E-state index contributed by atoms with van der Waals surface area (Å²) in [6, 6.07) is 12.6. The topological polar surface area (TPSA) is 105 Å². The van der Waals surface area contributed by atoms with Crippen LogP contribution in [-0.2, 0) is 25.6 Å². The highest BCUT2D eigenvalue weighted by Gasteiger charge is 2.61. The van der Waals surface area contributed by atoms with Gasteiger partial charge in [-0.1, -0.05) is 60.6 Å². The highest BCUT2D eigenvalue weighted by Crippen LogP contribution is 2.63. The Morgan fingerprint density at radius 3 is 2.21 bits per heavy atom. The van der Waals surface area contributed by atoms with Crippen LogP contribution in [0.4, 0.5) is 0 Å². The van der Waals surface area contributed by atoms with Crippen molar-refractivity contribution in [2.45, 2.75) is 140 Å². The lowest BCUT2D eigenvalue weighted by atomic mass is 9.55. The van der Waals surface area contributed by atoms with E-state index in [2.05, 4.69) is 92.9 Å². The Hall–Kier alpha value is -1.99. The van der Waals surface area contributed by atoms with Gasteiger partial charge in [-0.3, -0.25) is 0 Å². The van der Waals surface area contributed by atoms with Gasteiger partial charge in [-0.2, -0.15) is 0 Å². The lowest BCUT2D eigenvalue weighted by molar-refractivity contribution is -0.0511. The fourth-order valence-electron chi connectivity index (χ4n) is 7.83. The molecule has 7 nitrogen and oxygen atoms in total. The van der Waals surface area contributed by atoms with Gasteiger partial charge in [-0.05, 0) is 133 Å². The molecule has 2 aromatic carbocycles. The molecule has 2 saturated carbocycles. The van der Waals surface area contributed by atoms with Gasteiger partial charge in [0, 0.05) is 0 Å². The molecule has 0 aliphatic heterocycles. The van der Waals surface area contributed by atoms with Crippen LogP contribution >= 0.6 is 0 Å². The first-order valence-corrected chi connectivity index (χ1v) is 24.6. The molecule has 2 fully saturated rings. The second-order valence-electron chi connectivity index (χ2n) is 17.7. The smallest absolute Gasteiger partial charge is 0.338 e. The highest BCUT2D eigenvalue weighted by atomic mass is 32.2. The third-order valence-electron chi connectivity index (χ3n) is 12.7. The molecule has 3 aliphatic rings. The molecule has 260 valence electrons. The van der Waals surface area contributed by atoms with Crippen LogP contribution in [0.2, 0.25) is 36.3 Å². The molecule has 0 radical (unpaired) electrons. The Labute approximate surface area is 285 Å². The summed E-state index contributed by atoms with van der Waals surface area (Å²) in [5.74, 6) is 1.71.